The molecule has 1 unspecified atom stereocenters. The Labute approximate surface area is 83.3 Å². The van der Waals surface area contributed by atoms with Gasteiger partial charge < -0.3 is 14.8 Å². The van der Waals surface area contributed by atoms with Gasteiger partial charge in [-0.1, -0.05) is 13.3 Å². The summed E-state index contributed by atoms with van der Waals surface area (Å²) < 4.78 is 5.48. The number of aryl methyl sites for hydroxylation is 1. The second-order valence-corrected chi connectivity index (χ2v) is 3.68. The zero-order chi connectivity index (χ0) is 9.97. The molecule has 1 aliphatic heterocycles. The number of aromatic nitrogens is 2. The molecule has 1 saturated heterocycles. The maximum atomic E-state index is 9.52. The van der Waals surface area contributed by atoms with E-state index in [1.165, 1.54) is 0 Å². The highest BCUT2D eigenvalue weighted by atomic mass is 16.5. The van der Waals surface area contributed by atoms with Crippen LogP contribution in [0.2, 0.25) is 0 Å². The first-order chi connectivity index (χ1) is 6.81. The number of aromatic hydroxyl groups is 1. The van der Waals surface area contributed by atoms with Crippen LogP contribution in [-0.4, -0.2) is 21.7 Å². The maximum Gasteiger partial charge on any atom is 0.232 e. The number of nitrogens with zero attached hydrogens (tertiary/aromatic N) is 1. The van der Waals surface area contributed by atoms with Crippen LogP contribution >= 0.6 is 0 Å². The van der Waals surface area contributed by atoms with Crippen molar-refractivity contribution in [1.29, 1.82) is 0 Å². The average molecular weight is 196 g/mol. The normalized spacial score (nSPS) is 21.6. The minimum atomic E-state index is 0.0616. The Morgan fingerprint density at radius 2 is 2.50 bits per heavy atom. The first-order valence-corrected chi connectivity index (χ1v) is 5.20. The van der Waals surface area contributed by atoms with Crippen molar-refractivity contribution in [2.75, 3.05) is 6.61 Å². The van der Waals surface area contributed by atoms with E-state index in [0.717, 1.165) is 43.8 Å². The van der Waals surface area contributed by atoms with Crippen molar-refractivity contribution in [1.82, 2.24) is 9.97 Å². The highest BCUT2D eigenvalue weighted by molar-refractivity contribution is 5.20. The summed E-state index contributed by atoms with van der Waals surface area (Å²) in [6.07, 6.45) is 3.98. The number of ether oxygens (including phenoxy) is 1. The fraction of sp³-hybridized carbons (Fsp3) is 0.700. The van der Waals surface area contributed by atoms with E-state index < -0.39 is 0 Å². The van der Waals surface area contributed by atoms with E-state index in [1.54, 1.807) is 0 Å². The van der Waals surface area contributed by atoms with Crippen LogP contribution in [0.15, 0.2) is 0 Å². The molecule has 0 bridgehead atoms. The van der Waals surface area contributed by atoms with Crippen LogP contribution in [0, 0.1) is 0 Å². The Bertz CT molecular complexity index is 303. The highest BCUT2D eigenvalue weighted by Crippen LogP contribution is 2.28. The molecule has 1 aromatic heterocycles. The number of imidazole rings is 1. The van der Waals surface area contributed by atoms with Crippen LogP contribution in [0.5, 0.6) is 5.88 Å². The molecule has 1 aliphatic rings. The molecule has 2 N–H and O–H groups in total. The van der Waals surface area contributed by atoms with Gasteiger partial charge in [-0.05, 0) is 19.3 Å². The van der Waals surface area contributed by atoms with Gasteiger partial charge in [-0.25, -0.2) is 0 Å². The van der Waals surface area contributed by atoms with Crippen LogP contribution < -0.4 is 0 Å². The van der Waals surface area contributed by atoms with Gasteiger partial charge in [0.2, 0.25) is 5.88 Å². The molecule has 0 radical (unpaired) electrons. The van der Waals surface area contributed by atoms with E-state index in [-0.39, 0.29) is 12.0 Å². The van der Waals surface area contributed by atoms with Crippen LogP contribution in [0.4, 0.5) is 0 Å². The van der Waals surface area contributed by atoms with Crippen LogP contribution in [-0.2, 0) is 11.2 Å². The van der Waals surface area contributed by atoms with Crippen LogP contribution in [0.1, 0.15) is 43.8 Å². The van der Waals surface area contributed by atoms with Crippen LogP contribution in [0.25, 0.3) is 0 Å². The molecular formula is C10H16N2O2. The van der Waals surface area contributed by atoms with Gasteiger partial charge in [-0.15, -0.1) is 0 Å². The molecule has 0 aliphatic carbocycles. The lowest BCUT2D eigenvalue weighted by atomic mass is 10.2. The summed E-state index contributed by atoms with van der Waals surface area (Å²) in [6.45, 7) is 2.88. The second kappa shape index (κ2) is 4.00. The Morgan fingerprint density at radius 3 is 3.14 bits per heavy atom. The summed E-state index contributed by atoms with van der Waals surface area (Å²) in [5.41, 5.74) is 0.831. The molecule has 78 valence electrons. The van der Waals surface area contributed by atoms with E-state index in [4.69, 9.17) is 4.74 Å². The molecule has 14 heavy (non-hydrogen) atoms. The standard InChI is InChI=1S/C10H16N2O2/c1-2-4-7-10(13)12-9(11-7)8-5-3-6-14-8/h8,13H,2-6H2,1H3,(H,11,12). The summed E-state index contributed by atoms with van der Waals surface area (Å²) in [5, 5.41) is 9.52. The third kappa shape index (κ3) is 1.75. The molecule has 0 spiro atoms. The summed E-state index contributed by atoms with van der Waals surface area (Å²) in [6, 6.07) is 0. The van der Waals surface area contributed by atoms with Gasteiger partial charge in [0, 0.05) is 6.61 Å². The first-order valence-electron chi connectivity index (χ1n) is 5.20. The number of nitrogens with one attached hydrogen (secondary N) is 1. The van der Waals surface area contributed by atoms with E-state index in [2.05, 4.69) is 16.9 Å². The van der Waals surface area contributed by atoms with Gasteiger partial charge in [-0.2, -0.15) is 4.98 Å². The predicted octanol–water partition coefficient (Wildman–Crippen LogP) is 1.92. The molecule has 1 atom stereocenters. The fourth-order valence-corrected chi connectivity index (χ4v) is 1.79. The third-order valence-electron chi connectivity index (χ3n) is 2.51. The lowest BCUT2D eigenvalue weighted by Crippen LogP contribution is -1.98. The summed E-state index contributed by atoms with van der Waals surface area (Å²) >= 11 is 0. The number of H-pyrrole nitrogens is 1. The fourth-order valence-electron chi connectivity index (χ4n) is 1.79. The third-order valence-corrected chi connectivity index (χ3v) is 2.51. The second-order valence-electron chi connectivity index (χ2n) is 3.68. The van der Waals surface area contributed by atoms with Crippen molar-refractivity contribution in [3.63, 3.8) is 0 Å². The molecule has 1 fully saturated rings. The number of hydrogen-bond donors (Lipinski definition) is 2. The van der Waals surface area contributed by atoms with E-state index >= 15 is 0 Å². The van der Waals surface area contributed by atoms with Gasteiger partial charge in [0.05, 0.1) is 5.69 Å². The maximum absolute atomic E-state index is 9.52. The number of rotatable bonds is 3. The van der Waals surface area contributed by atoms with Gasteiger partial charge in [0.25, 0.3) is 0 Å². The number of hydrogen-bond acceptors (Lipinski definition) is 3. The van der Waals surface area contributed by atoms with Gasteiger partial charge >= 0.3 is 0 Å². The number of aromatic amines is 1. The van der Waals surface area contributed by atoms with Crippen molar-refractivity contribution >= 4 is 0 Å². The smallest absolute Gasteiger partial charge is 0.232 e. The molecular weight excluding hydrogens is 180 g/mol. The molecule has 0 aromatic carbocycles. The molecule has 4 heteroatoms. The van der Waals surface area contributed by atoms with Crippen molar-refractivity contribution in [3.8, 4) is 5.88 Å². The van der Waals surface area contributed by atoms with Crippen molar-refractivity contribution in [2.45, 2.75) is 38.7 Å². The quantitative estimate of drug-likeness (QED) is 0.776. The first kappa shape index (κ1) is 9.52. The molecule has 2 heterocycles. The van der Waals surface area contributed by atoms with Gasteiger partial charge in [0.1, 0.15) is 11.9 Å². The van der Waals surface area contributed by atoms with Crippen molar-refractivity contribution in [3.05, 3.63) is 11.5 Å². The molecule has 1 aromatic rings. The van der Waals surface area contributed by atoms with E-state index in [9.17, 15) is 5.11 Å². The summed E-state index contributed by atoms with van der Waals surface area (Å²) in [4.78, 5) is 7.22. The summed E-state index contributed by atoms with van der Waals surface area (Å²) in [5.74, 6) is 0.917. The molecule has 2 rings (SSSR count). The zero-order valence-electron chi connectivity index (χ0n) is 8.42. The van der Waals surface area contributed by atoms with E-state index in [0.29, 0.717) is 0 Å². The molecule has 4 nitrogen and oxygen atoms in total. The Morgan fingerprint density at radius 1 is 1.64 bits per heavy atom. The average Bonchev–Trinajstić information content (AvgIpc) is 2.76. The summed E-state index contributed by atoms with van der Waals surface area (Å²) in [7, 11) is 0. The SMILES string of the molecule is CCCc1[nH]c(C2CCCO2)nc1O. The largest absolute Gasteiger partial charge is 0.492 e. The Hall–Kier alpha value is -1.03. The van der Waals surface area contributed by atoms with Crippen molar-refractivity contribution in [2.24, 2.45) is 0 Å². The van der Waals surface area contributed by atoms with Crippen LogP contribution in [0.3, 0.4) is 0 Å². The minimum absolute atomic E-state index is 0.0616. The lowest BCUT2D eigenvalue weighted by Gasteiger charge is -2.03. The van der Waals surface area contributed by atoms with Crippen molar-refractivity contribution < 1.29 is 9.84 Å². The predicted molar refractivity (Wildman–Crippen MR) is 52.2 cm³/mol. The lowest BCUT2D eigenvalue weighted by molar-refractivity contribution is 0.105. The molecule has 0 saturated carbocycles. The highest BCUT2D eigenvalue weighted by Gasteiger charge is 2.22. The zero-order valence-corrected chi connectivity index (χ0v) is 8.42. The van der Waals surface area contributed by atoms with Gasteiger partial charge in [-0.3, -0.25) is 0 Å². The topological polar surface area (TPSA) is 58.1 Å². The van der Waals surface area contributed by atoms with Gasteiger partial charge in [0.15, 0.2) is 0 Å². The Kier molecular flexibility index (Phi) is 2.72. The monoisotopic (exact) mass is 196 g/mol. The minimum Gasteiger partial charge on any atom is -0.492 e. The Balaban J connectivity index is 2.14. The van der Waals surface area contributed by atoms with E-state index in [1.807, 2.05) is 0 Å². The molecule has 0 amide bonds.